The third kappa shape index (κ3) is 5.39. The van der Waals surface area contributed by atoms with Gasteiger partial charge in [-0.15, -0.1) is 30.6 Å². The quantitative estimate of drug-likeness (QED) is 0.403. The molecule has 6 heavy (non-hydrogen) atoms. The zero-order chi connectivity index (χ0) is 4.83. The van der Waals surface area contributed by atoms with E-state index in [1.165, 1.54) is 12.1 Å². The summed E-state index contributed by atoms with van der Waals surface area (Å²) in [5, 5.41) is 0. The van der Waals surface area contributed by atoms with Crippen molar-refractivity contribution in [1.82, 2.24) is 0 Å². The Hall–Kier alpha value is 1.39. The van der Waals surface area contributed by atoms with E-state index >= 15 is 0 Å². The third-order valence-corrected chi connectivity index (χ3v) is 4.07. The van der Waals surface area contributed by atoms with Gasteiger partial charge < -0.3 is 0 Å². The van der Waals surface area contributed by atoms with Crippen molar-refractivity contribution in [1.29, 1.82) is 0 Å². The highest BCUT2D eigenvalue weighted by Crippen LogP contribution is 1.94. The van der Waals surface area contributed by atoms with Crippen molar-refractivity contribution in [2.24, 2.45) is 0 Å². The molecule has 0 fully saturated rings. The second-order valence-corrected chi connectivity index (χ2v) is 5.67. The average Bonchev–Trinajstić information content (AvgIpc) is 1.61. The van der Waals surface area contributed by atoms with Gasteiger partial charge in [0.25, 0.3) is 0 Å². The summed E-state index contributed by atoms with van der Waals surface area (Å²) >= 11 is 6.72. The molecule has 0 aliphatic carbocycles. The Balaban J connectivity index is 2.34. The molecule has 0 aromatic rings. The minimum Gasteiger partial charge on any atom is -0.131 e. The minimum atomic E-state index is 0.954. The number of rotatable bonds is 3. The van der Waals surface area contributed by atoms with Crippen molar-refractivity contribution in [2.75, 3.05) is 0 Å². The van der Waals surface area contributed by atoms with E-state index in [9.17, 15) is 0 Å². The molecule has 4 heteroatoms. The zero-order valence-corrected chi connectivity index (χ0v) is 8.34. The van der Waals surface area contributed by atoms with Crippen molar-refractivity contribution < 1.29 is 0 Å². The van der Waals surface area contributed by atoms with Crippen molar-refractivity contribution in [3.8, 4) is 0 Å². The maximum Gasteiger partial charge on any atom is 0.136 e. The second-order valence-electron chi connectivity index (χ2n) is 0.767. The molecular weight excluding hydrogens is 240 g/mol. The van der Waals surface area contributed by atoms with Gasteiger partial charge >= 0.3 is 0 Å². The summed E-state index contributed by atoms with van der Waals surface area (Å²) < 4.78 is 0. The van der Waals surface area contributed by atoms with Crippen LogP contribution in [0.1, 0.15) is 0 Å². The van der Waals surface area contributed by atoms with Crippen molar-refractivity contribution in [3.63, 3.8) is 0 Å². The van der Waals surface area contributed by atoms with Crippen LogP contribution in [0.15, 0.2) is 0 Å². The van der Waals surface area contributed by atoms with E-state index in [0.29, 0.717) is 0 Å². The molecule has 0 unspecified atom stereocenters. The van der Waals surface area contributed by atoms with Crippen LogP contribution in [0.25, 0.3) is 0 Å². The van der Waals surface area contributed by atoms with Crippen molar-refractivity contribution >= 4 is 46.9 Å². The first-order chi connectivity index (χ1) is 2.91. The number of halogens is 2. The molecule has 34 valence electrons. The van der Waals surface area contributed by atoms with Crippen molar-refractivity contribution in [3.05, 3.63) is 0 Å². The van der Waals surface area contributed by atoms with Crippen LogP contribution in [0.4, 0.5) is 0 Å². The van der Waals surface area contributed by atoms with E-state index in [4.69, 9.17) is 0 Å². The van der Waals surface area contributed by atoms with Crippen LogP contribution in [0.2, 0.25) is 12.1 Å². The molecule has 0 bridgehead atoms. The highest BCUT2D eigenvalue weighted by Gasteiger charge is 1.81. The monoisotopic (exact) mass is 242 g/mol. The van der Waals surface area contributed by atoms with Crippen molar-refractivity contribution in [2.45, 2.75) is 12.1 Å². The SMILES string of the molecule is Br[Si]CC[Si]Br. The van der Waals surface area contributed by atoms with Crippen LogP contribution in [-0.2, 0) is 0 Å². The molecule has 0 amide bonds. The van der Waals surface area contributed by atoms with Crippen LogP contribution in [-0.4, -0.2) is 16.3 Å². The lowest BCUT2D eigenvalue weighted by atomic mass is 11.0. The molecule has 0 aromatic heterocycles. The van der Waals surface area contributed by atoms with Gasteiger partial charge in [0.2, 0.25) is 0 Å². The Kier molecular flexibility index (Phi) is 7.88. The van der Waals surface area contributed by atoms with Gasteiger partial charge in [0.1, 0.15) is 16.3 Å². The van der Waals surface area contributed by atoms with E-state index in [-0.39, 0.29) is 0 Å². The predicted molar refractivity (Wildman–Crippen MR) is 39.0 cm³/mol. The second kappa shape index (κ2) is 6.39. The highest BCUT2D eigenvalue weighted by molar-refractivity contribution is 9.23. The fraction of sp³-hybridized carbons (Fsp3) is 1.00. The summed E-state index contributed by atoms with van der Waals surface area (Å²) in [6.07, 6.45) is 0. The Labute approximate surface area is 58.9 Å². The molecule has 0 atom stereocenters. The summed E-state index contributed by atoms with van der Waals surface area (Å²) in [6.45, 7) is 0. The summed E-state index contributed by atoms with van der Waals surface area (Å²) in [4.78, 5) is 0. The molecule has 0 aromatic carbocycles. The third-order valence-electron chi connectivity index (χ3n) is 0.314. The van der Waals surface area contributed by atoms with E-state index in [1.807, 2.05) is 0 Å². The van der Waals surface area contributed by atoms with Gasteiger partial charge in [-0.3, -0.25) is 0 Å². The highest BCUT2D eigenvalue weighted by atomic mass is 79.9. The molecule has 0 saturated carbocycles. The molecule has 4 radical (unpaired) electrons. The fourth-order valence-corrected chi connectivity index (χ4v) is 4.42. The van der Waals surface area contributed by atoms with Crippen LogP contribution in [0.5, 0.6) is 0 Å². The van der Waals surface area contributed by atoms with Crippen LogP contribution >= 0.6 is 30.6 Å². The first-order valence-electron chi connectivity index (χ1n) is 1.59. The van der Waals surface area contributed by atoms with E-state index < -0.39 is 0 Å². The lowest BCUT2D eigenvalue weighted by molar-refractivity contribution is 1.45. The predicted octanol–water partition coefficient (Wildman–Crippen LogP) is 1.85. The van der Waals surface area contributed by atoms with Gasteiger partial charge in [-0.1, -0.05) is 12.1 Å². The summed E-state index contributed by atoms with van der Waals surface area (Å²) in [7, 11) is 1.91. The first-order valence-corrected chi connectivity index (χ1v) is 8.51. The van der Waals surface area contributed by atoms with Gasteiger partial charge in [-0.2, -0.15) is 0 Å². The topological polar surface area (TPSA) is 0 Å². The summed E-state index contributed by atoms with van der Waals surface area (Å²) in [5.74, 6) is 0. The van der Waals surface area contributed by atoms with Gasteiger partial charge in [0.05, 0.1) is 0 Å². The van der Waals surface area contributed by atoms with Gasteiger partial charge in [-0.25, -0.2) is 0 Å². The lowest BCUT2D eigenvalue weighted by Crippen LogP contribution is -1.77. The van der Waals surface area contributed by atoms with Gasteiger partial charge in [0.15, 0.2) is 0 Å². The molecule has 0 heterocycles. The first kappa shape index (κ1) is 7.39. The smallest absolute Gasteiger partial charge is 0.131 e. The standard InChI is InChI=1S/C2H4Br2Si2/c3-5-1-2-6-4/h1-2H2. The van der Waals surface area contributed by atoms with E-state index in [0.717, 1.165) is 16.3 Å². The molecule has 0 spiro atoms. The molecule has 0 N–H and O–H groups in total. The Morgan fingerprint density at radius 3 is 1.50 bits per heavy atom. The van der Waals surface area contributed by atoms with Crippen LogP contribution in [0, 0.1) is 0 Å². The Bertz CT molecular complexity index is 21.5. The molecule has 0 aliphatic rings. The Morgan fingerprint density at radius 1 is 1.00 bits per heavy atom. The Morgan fingerprint density at radius 2 is 1.33 bits per heavy atom. The summed E-state index contributed by atoms with van der Waals surface area (Å²) in [6, 6.07) is 2.65. The number of hydrogen-bond donors (Lipinski definition) is 0. The molecule has 0 nitrogen and oxygen atoms in total. The maximum atomic E-state index is 3.36. The lowest BCUT2D eigenvalue weighted by Gasteiger charge is -1.80. The van der Waals surface area contributed by atoms with Gasteiger partial charge in [-0.05, 0) is 0 Å². The minimum absolute atomic E-state index is 0.954. The molecule has 0 saturated heterocycles. The number of hydrogen-bond acceptors (Lipinski definition) is 0. The molecule has 0 rings (SSSR count). The largest absolute Gasteiger partial charge is 0.136 e. The van der Waals surface area contributed by atoms with Crippen LogP contribution in [0.3, 0.4) is 0 Å². The fourth-order valence-electron chi connectivity index (χ4n) is 0.0945. The zero-order valence-electron chi connectivity index (χ0n) is 3.17. The maximum absolute atomic E-state index is 3.36. The average molecular weight is 244 g/mol. The van der Waals surface area contributed by atoms with Gasteiger partial charge in [0, 0.05) is 0 Å². The van der Waals surface area contributed by atoms with E-state index in [1.54, 1.807) is 0 Å². The molecular formula is C2H4Br2Si2. The summed E-state index contributed by atoms with van der Waals surface area (Å²) in [5.41, 5.74) is 0. The van der Waals surface area contributed by atoms with Crippen LogP contribution < -0.4 is 0 Å². The molecule has 0 aliphatic heterocycles. The normalized spacial score (nSPS) is 9.00. The van der Waals surface area contributed by atoms with E-state index in [2.05, 4.69) is 30.6 Å².